The number of aliphatic imine (C=N–C) groups is 1. The van der Waals surface area contributed by atoms with Crippen LogP contribution in [0.3, 0.4) is 0 Å². The van der Waals surface area contributed by atoms with Crippen LogP contribution < -0.4 is 59.7 Å². The number of guanidine groups is 1. The summed E-state index contributed by atoms with van der Waals surface area (Å²) in [6.07, 6.45) is 2.70. The van der Waals surface area contributed by atoms with Gasteiger partial charge in [-0.3, -0.25) is 57.7 Å². The molecular weight excluding hydrogens is 953 g/mol. The van der Waals surface area contributed by atoms with Crippen molar-refractivity contribution in [1.29, 1.82) is 0 Å². The summed E-state index contributed by atoms with van der Waals surface area (Å²) in [7, 11) is 1.44. The summed E-state index contributed by atoms with van der Waals surface area (Å²) in [5, 5.41) is 31.7. The lowest BCUT2D eigenvalue weighted by Gasteiger charge is -2.31. The molecule has 0 radical (unpaired) electrons. The second-order valence-electron chi connectivity index (χ2n) is 19.0. The second-order valence-corrected chi connectivity index (χ2v) is 19.0. The molecule has 1 heterocycles. The van der Waals surface area contributed by atoms with Crippen molar-refractivity contribution in [3.8, 4) is 0 Å². The maximum absolute atomic E-state index is 14.2. The van der Waals surface area contributed by atoms with Crippen LogP contribution in [0.2, 0.25) is 0 Å². The fraction of sp³-hybridized carbons (Fsp3) is 0.702. The van der Waals surface area contributed by atoms with Crippen LogP contribution >= 0.6 is 0 Å². The van der Waals surface area contributed by atoms with Crippen LogP contribution in [-0.2, 0) is 52.7 Å². The summed E-state index contributed by atoms with van der Waals surface area (Å²) in [4.78, 5) is 151. The molecule has 10 atom stereocenters. The molecule has 0 saturated carbocycles. The van der Waals surface area contributed by atoms with Crippen molar-refractivity contribution >= 4 is 70.9 Å². The summed E-state index contributed by atoms with van der Waals surface area (Å²) in [6, 6.07) is -8.27. The third kappa shape index (κ3) is 21.4. The number of hydrogen-bond donors (Lipinski definition) is 12. The van der Waals surface area contributed by atoms with Crippen molar-refractivity contribution in [2.45, 2.75) is 155 Å². The number of hydrogen-bond acceptors (Lipinski definition) is 13. The number of aliphatic hydroxyl groups is 1. The zero-order chi connectivity index (χ0) is 55.1. The van der Waals surface area contributed by atoms with Gasteiger partial charge in [0.25, 0.3) is 0 Å². The normalized spacial score (nSPS) is 18.8. The smallest absolute Gasteiger partial charge is 0.245 e. The second kappa shape index (κ2) is 30.9. The van der Waals surface area contributed by atoms with Crippen LogP contribution in [-0.4, -0.2) is 174 Å². The topological polar surface area (TPSA) is 401 Å². The van der Waals surface area contributed by atoms with Gasteiger partial charge in [0.2, 0.25) is 65.0 Å². The molecule has 26 nitrogen and oxygen atoms in total. The first-order valence-electron chi connectivity index (χ1n) is 24.9. The van der Waals surface area contributed by atoms with Gasteiger partial charge in [0.05, 0.1) is 25.1 Å². The Labute approximate surface area is 426 Å². The van der Waals surface area contributed by atoms with Crippen molar-refractivity contribution in [2.75, 3.05) is 39.8 Å². The zero-order valence-corrected chi connectivity index (χ0v) is 43.4. The SMILES string of the molecule is CCNC(=O)[C@@H]1CCCN1C(=O)[C@H](CCCN=C(N)N)NC(=O)[C@@H](NC(=O)[C@H](CCC(N)=O)NC(=O)[C@@H](NC(=O)[C@@H](CC(C)C)NC(=O)C1C=CC(NC(=O)CNC(=O)CN(C)C(C)=O)C1)C(C)O)[C@@H](C)CC. The number of nitrogens with zero attached hydrogens (tertiary/aromatic N) is 3. The molecule has 1 aliphatic heterocycles. The third-order valence-corrected chi connectivity index (χ3v) is 12.4. The highest BCUT2D eigenvalue weighted by Crippen LogP contribution is 2.21. The van der Waals surface area contributed by atoms with Gasteiger partial charge in [-0.15, -0.1) is 0 Å². The van der Waals surface area contributed by atoms with Gasteiger partial charge in [0.15, 0.2) is 5.96 Å². The fourth-order valence-electron chi connectivity index (χ4n) is 8.05. The lowest BCUT2D eigenvalue weighted by atomic mass is 9.96. The van der Waals surface area contributed by atoms with Gasteiger partial charge >= 0.3 is 0 Å². The molecule has 0 aromatic rings. The molecule has 410 valence electrons. The highest BCUT2D eigenvalue weighted by molar-refractivity contribution is 5.98. The number of primary amides is 1. The summed E-state index contributed by atoms with van der Waals surface area (Å²) in [6.45, 7) is 11.4. The monoisotopic (exact) mass is 1030 g/mol. The predicted molar refractivity (Wildman–Crippen MR) is 268 cm³/mol. The number of carbonyl (C=O) groups excluding carboxylic acids is 11. The van der Waals surface area contributed by atoms with Gasteiger partial charge in [-0.25, -0.2) is 0 Å². The van der Waals surface area contributed by atoms with E-state index in [0.29, 0.717) is 25.8 Å². The Morgan fingerprint density at radius 3 is 1.99 bits per heavy atom. The highest BCUT2D eigenvalue weighted by Gasteiger charge is 2.40. The van der Waals surface area contributed by atoms with E-state index in [2.05, 4.69) is 47.5 Å². The Balaban J connectivity index is 2.25. The molecule has 0 bridgehead atoms. The van der Waals surface area contributed by atoms with Crippen molar-refractivity contribution in [2.24, 2.45) is 39.9 Å². The van der Waals surface area contributed by atoms with Crippen LogP contribution in [0.15, 0.2) is 17.1 Å². The molecule has 26 heteroatoms. The molecule has 2 rings (SSSR count). The quantitative estimate of drug-likeness (QED) is 0.0141. The Morgan fingerprint density at radius 1 is 0.767 bits per heavy atom. The van der Waals surface area contributed by atoms with Crippen molar-refractivity contribution < 1.29 is 57.8 Å². The molecule has 0 spiro atoms. The van der Waals surface area contributed by atoms with Gasteiger partial charge < -0.3 is 74.6 Å². The standard InChI is InChI=1S/C47H80N14O12/c1-9-26(5)38(44(71)56-32(13-11-19-52-47(49)50)46(73)61-20-12-14-34(61)43(70)51-10-2)58-41(68)31(17-18-35(48)64)55-45(72)39(27(6)62)59-42(69)33(21-25(3)4)57-40(67)29-15-16-30(22-29)54-36(65)23-53-37(66)24-60(8)28(7)63/h15-16,25-27,29-34,38-39,62H,9-14,17-24H2,1-8H3,(H2,48,64)(H,51,70)(H,53,66)(H,54,65)(H,55,72)(H,56,71)(H,57,67)(H,58,68)(H,59,69)(H4,49,50,52)/t26-,27?,29?,30?,31-,32-,33+,34-,38-,39-/m0/s1. The van der Waals surface area contributed by atoms with E-state index < -0.39 is 120 Å². The van der Waals surface area contributed by atoms with E-state index >= 15 is 0 Å². The maximum Gasteiger partial charge on any atom is 0.245 e. The number of rotatable bonds is 30. The van der Waals surface area contributed by atoms with Gasteiger partial charge in [0.1, 0.15) is 36.3 Å². The van der Waals surface area contributed by atoms with Gasteiger partial charge in [-0.1, -0.05) is 46.3 Å². The first-order chi connectivity index (χ1) is 34.3. The molecule has 73 heavy (non-hydrogen) atoms. The van der Waals surface area contributed by atoms with E-state index in [-0.39, 0.29) is 82.0 Å². The molecule has 11 amide bonds. The van der Waals surface area contributed by atoms with E-state index in [0.717, 1.165) is 0 Å². The Morgan fingerprint density at radius 2 is 1.40 bits per heavy atom. The van der Waals surface area contributed by atoms with E-state index in [1.807, 2.05) is 0 Å². The molecular formula is C47H80N14O12. The van der Waals surface area contributed by atoms with E-state index in [1.54, 1.807) is 46.8 Å². The van der Waals surface area contributed by atoms with Crippen LogP contribution in [0, 0.1) is 17.8 Å². The number of aliphatic hydroxyl groups excluding tert-OH is 1. The highest BCUT2D eigenvalue weighted by atomic mass is 16.3. The fourth-order valence-corrected chi connectivity index (χ4v) is 8.05. The summed E-state index contributed by atoms with van der Waals surface area (Å²) in [5.74, 6) is -8.90. The summed E-state index contributed by atoms with van der Waals surface area (Å²) >= 11 is 0. The molecule has 1 fully saturated rings. The number of amides is 11. The maximum atomic E-state index is 14.2. The summed E-state index contributed by atoms with van der Waals surface area (Å²) < 4.78 is 0. The van der Waals surface area contributed by atoms with Crippen LogP contribution in [0.5, 0.6) is 0 Å². The molecule has 1 saturated heterocycles. The molecule has 2 aliphatic rings. The minimum atomic E-state index is -1.70. The Bertz CT molecular complexity index is 2030. The van der Waals surface area contributed by atoms with E-state index in [4.69, 9.17) is 17.2 Å². The molecule has 0 aromatic heterocycles. The minimum absolute atomic E-state index is 0.0673. The van der Waals surface area contributed by atoms with Gasteiger partial charge in [-0.2, -0.15) is 0 Å². The van der Waals surface area contributed by atoms with E-state index in [9.17, 15) is 57.8 Å². The number of nitrogens with two attached hydrogens (primary N) is 3. The predicted octanol–water partition coefficient (Wildman–Crippen LogP) is -4.02. The average Bonchev–Trinajstić information content (AvgIpc) is 4.01. The Kier molecular flexibility index (Phi) is 26.3. The lowest BCUT2D eigenvalue weighted by Crippen LogP contribution is -2.62. The van der Waals surface area contributed by atoms with Crippen molar-refractivity contribution in [3.63, 3.8) is 0 Å². The first kappa shape index (κ1) is 62.3. The Hall–Kier alpha value is -6.86. The van der Waals surface area contributed by atoms with Gasteiger partial charge in [0, 0.05) is 46.1 Å². The van der Waals surface area contributed by atoms with Crippen LogP contribution in [0.25, 0.3) is 0 Å². The lowest BCUT2D eigenvalue weighted by molar-refractivity contribution is -0.142. The third-order valence-electron chi connectivity index (χ3n) is 12.4. The largest absolute Gasteiger partial charge is 0.391 e. The van der Waals surface area contributed by atoms with Crippen LogP contribution in [0.1, 0.15) is 106 Å². The molecule has 1 aliphatic carbocycles. The zero-order valence-electron chi connectivity index (χ0n) is 43.4. The van der Waals surface area contributed by atoms with Crippen molar-refractivity contribution in [1.82, 2.24) is 52.3 Å². The number of likely N-dealkylation sites (tertiary alicyclic amines) is 1. The summed E-state index contributed by atoms with van der Waals surface area (Å²) in [5.41, 5.74) is 16.4. The minimum Gasteiger partial charge on any atom is -0.391 e. The molecule has 3 unspecified atom stereocenters. The average molecular weight is 1030 g/mol. The van der Waals surface area contributed by atoms with Crippen LogP contribution in [0.4, 0.5) is 0 Å². The van der Waals surface area contributed by atoms with E-state index in [1.165, 1.54) is 30.7 Å². The number of nitrogens with one attached hydrogen (secondary N) is 8. The number of carbonyl (C=O) groups is 11. The molecule has 0 aromatic carbocycles. The number of likely N-dealkylation sites (N-methyl/N-ethyl adjacent to an activating group) is 2. The molecule has 15 N–H and O–H groups in total. The first-order valence-corrected chi connectivity index (χ1v) is 24.9. The van der Waals surface area contributed by atoms with Gasteiger partial charge in [-0.05, 0) is 70.6 Å². The van der Waals surface area contributed by atoms with Crippen molar-refractivity contribution in [3.05, 3.63) is 12.2 Å².